The lowest BCUT2D eigenvalue weighted by atomic mass is 10.1. The molecule has 2 aromatic rings. The summed E-state index contributed by atoms with van der Waals surface area (Å²) in [5.41, 5.74) is 0.780. The van der Waals surface area contributed by atoms with Crippen LogP contribution in [0.5, 0.6) is 0 Å². The maximum atomic E-state index is 13.0. The summed E-state index contributed by atoms with van der Waals surface area (Å²) in [7, 11) is 0. The van der Waals surface area contributed by atoms with Gasteiger partial charge in [-0.3, -0.25) is 14.7 Å². The van der Waals surface area contributed by atoms with Crippen LogP contribution in [0.1, 0.15) is 28.9 Å². The van der Waals surface area contributed by atoms with Gasteiger partial charge in [-0.05, 0) is 37.8 Å². The molecule has 1 amide bonds. The van der Waals surface area contributed by atoms with E-state index in [2.05, 4.69) is 5.10 Å². The molecule has 24 heavy (non-hydrogen) atoms. The molecule has 1 aromatic heterocycles. The number of alkyl halides is 3. The van der Waals surface area contributed by atoms with Gasteiger partial charge in [0.2, 0.25) is 0 Å². The number of nitrogens with one attached hydrogen (secondary N) is 2. The van der Waals surface area contributed by atoms with Gasteiger partial charge in [0.15, 0.2) is 0 Å². The zero-order valence-corrected chi connectivity index (χ0v) is 12.9. The quantitative estimate of drug-likeness (QED) is 0.899. The molecule has 0 radical (unpaired) electrons. The van der Waals surface area contributed by atoms with Crippen LogP contribution in [0.15, 0.2) is 35.1 Å². The zero-order chi connectivity index (χ0) is 17.5. The van der Waals surface area contributed by atoms with E-state index in [4.69, 9.17) is 0 Å². The van der Waals surface area contributed by atoms with Crippen molar-refractivity contribution in [3.63, 3.8) is 0 Å². The number of nitrogens with zero attached hydrogens (tertiary/aromatic N) is 1. The molecule has 0 spiro atoms. The molecule has 1 atom stereocenters. The van der Waals surface area contributed by atoms with Gasteiger partial charge in [-0.25, -0.2) is 4.68 Å². The van der Waals surface area contributed by atoms with Gasteiger partial charge in [-0.2, -0.15) is 13.2 Å². The molecule has 1 saturated carbocycles. The van der Waals surface area contributed by atoms with Gasteiger partial charge in [0, 0.05) is 6.07 Å². The van der Waals surface area contributed by atoms with E-state index in [1.54, 1.807) is 24.3 Å². The van der Waals surface area contributed by atoms with Crippen LogP contribution in [0, 0.1) is 12.8 Å². The van der Waals surface area contributed by atoms with Crippen LogP contribution in [0.2, 0.25) is 0 Å². The Morgan fingerprint density at radius 3 is 2.46 bits per heavy atom. The molecule has 128 valence electrons. The van der Waals surface area contributed by atoms with Crippen LogP contribution in [0.4, 0.5) is 13.2 Å². The van der Waals surface area contributed by atoms with E-state index < -0.39 is 29.6 Å². The van der Waals surface area contributed by atoms with Crippen LogP contribution in [0.3, 0.4) is 0 Å². The Bertz CT molecular complexity index is 801. The lowest BCUT2D eigenvalue weighted by Crippen LogP contribution is -2.47. The summed E-state index contributed by atoms with van der Waals surface area (Å²) in [5, 5.41) is 4.55. The van der Waals surface area contributed by atoms with Crippen molar-refractivity contribution >= 4 is 5.91 Å². The standard InChI is InChI=1S/C16H16F3N3O2/c1-9-2-6-11(7-3-9)22-13(23)8-12(21-22)15(24)20-14(10-4-5-10)16(17,18)19/h2-3,6-8,10,14,21H,4-5H2,1H3,(H,20,24). The average molecular weight is 339 g/mol. The van der Waals surface area contributed by atoms with E-state index in [0.29, 0.717) is 18.5 Å². The summed E-state index contributed by atoms with van der Waals surface area (Å²) in [4.78, 5) is 24.1. The van der Waals surface area contributed by atoms with Gasteiger partial charge in [-0.1, -0.05) is 17.7 Å². The fourth-order valence-corrected chi connectivity index (χ4v) is 2.51. The van der Waals surface area contributed by atoms with E-state index in [-0.39, 0.29) is 5.69 Å². The normalized spacial score (nSPS) is 16.0. The Hall–Kier alpha value is -2.51. The lowest BCUT2D eigenvalue weighted by molar-refractivity contribution is -0.158. The first-order valence-electron chi connectivity index (χ1n) is 7.52. The summed E-state index contributed by atoms with van der Waals surface area (Å²) in [6.45, 7) is 1.88. The molecule has 5 nitrogen and oxygen atoms in total. The molecule has 1 fully saturated rings. The molecule has 8 heteroatoms. The zero-order valence-electron chi connectivity index (χ0n) is 12.9. The van der Waals surface area contributed by atoms with E-state index in [9.17, 15) is 22.8 Å². The van der Waals surface area contributed by atoms with Crippen molar-refractivity contribution in [2.75, 3.05) is 0 Å². The first-order valence-corrected chi connectivity index (χ1v) is 7.52. The molecule has 3 rings (SSSR count). The van der Waals surface area contributed by atoms with E-state index in [0.717, 1.165) is 16.3 Å². The van der Waals surface area contributed by atoms with E-state index in [1.165, 1.54) is 0 Å². The predicted molar refractivity (Wildman–Crippen MR) is 81.2 cm³/mol. The number of H-pyrrole nitrogens is 1. The van der Waals surface area contributed by atoms with Gasteiger partial charge in [0.05, 0.1) is 5.69 Å². The number of aryl methyl sites for hydroxylation is 1. The Morgan fingerprint density at radius 2 is 1.92 bits per heavy atom. The number of hydrogen-bond donors (Lipinski definition) is 2. The fraction of sp³-hybridized carbons (Fsp3) is 0.375. The SMILES string of the molecule is Cc1ccc(-n2[nH]c(C(=O)NC(C3CC3)C(F)(F)F)cc2=O)cc1. The molecular weight excluding hydrogens is 323 g/mol. The molecule has 0 bridgehead atoms. The topological polar surface area (TPSA) is 66.9 Å². The minimum absolute atomic E-state index is 0.199. The average Bonchev–Trinajstić information content (AvgIpc) is 3.26. The number of rotatable bonds is 4. The van der Waals surface area contributed by atoms with Gasteiger partial charge in [0.1, 0.15) is 11.7 Å². The van der Waals surface area contributed by atoms with Crippen molar-refractivity contribution in [2.45, 2.75) is 32.0 Å². The second kappa shape index (κ2) is 5.85. The van der Waals surface area contributed by atoms with Gasteiger partial charge in [-0.15, -0.1) is 0 Å². The summed E-state index contributed by atoms with van der Waals surface area (Å²) < 4.78 is 40.1. The van der Waals surface area contributed by atoms with Crippen LogP contribution in [-0.4, -0.2) is 27.9 Å². The number of carbonyl (C=O) groups is 1. The Labute approximate surface area is 135 Å². The highest BCUT2D eigenvalue weighted by molar-refractivity contribution is 5.92. The van der Waals surface area contributed by atoms with Gasteiger partial charge in [0.25, 0.3) is 11.5 Å². The van der Waals surface area contributed by atoms with Crippen LogP contribution in [0.25, 0.3) is 5.69 Å². The molecule has 2 N–H and O–H groups in total. The van der Waals surface area contributed by atoms with E-state index >= 15 is 0 Å². The highest BCUT2D eigenvalue weighted by Gasteiger charge is 2.49. The number of carbonyl (C=O) groups excluding carboxylic acids is 1. The van der Waals surface area contributed by atoms with Crippen molar-refractivity contribution < 1.29 is 18.0 Å². The molecule has 1 heterocycles. The molecule has 1 aromatic carbocycles. The smallest absolute Gasteiger partial charge is 0.339 e. The monoisotopic (exact) mass is 339 g/mol. The van der Waals surface area contributed by atoms with Crippen molar-refractivity contribution in [1.29, 1.82) is 0 Å². The maximum Gasteiger partial charge on any atom is 0.408 e. The fourth-order valence-electron chi connectivity index (χ4n) is 2.51. The molecule has 0 aliphatic heterocycles. The number of benzene rings is 1. The third-order valence-corrected chi connectivity index (χ3v) is 3.99. The molecule has 1 aliphatic rings. The number of aromatic amines is 1. The summed E-state index contributed by atoms with van der Waals surface area (Å²) >= 11 is 0. The Kier molecular flexibility index (Phi) is 3.98. The van der Waals surface area contributed by atoms with Crippen molar-refractivity contribution in [1.82, 2.24) is 15.1 Å². The second-order valence-electron chi connectivity index (χ2n) is 6.01. The number of hydrogen-bond acceptors (Lipinski definition) is 2. The summed E-state index contributed by atoms with van der Waals surface area (Å²) in [6.07, 6.45) is -3.63. The first kappa shape index (κ1) is 16.4. The first-order chi connectivity index (χ1) is 11.3. The van der Waals surface area contributed by atoms with Crippen molar-refractivity contribution in [3.8, 4) is 5.69 Å². The molecular formula is C16H16F3N3O2. The number of aromatic nitrogens is 2. The van der Waals surface area contributed by atoms with E-state index in [1.807, 2.05) is 12.2 Å². The van der Waals surface area contributed by atoms with Gasteiger partial charge >= 0.3 is 6.18 Å². The predicted octanol–water partition coefficient (Wildman–Crippen LogP) is 2.54. The Balaban J connectivity index is 1.82. The minimum atomic E-state index is -4.50. The molecule has 1 unspecified atom stereocenters. The van der Waals surface area contributed by atoms with Crippen molar-refractivity contribution in [2.24, 2.45) is 5.92 Å². The summed E-state index contributed by atoms with van der Waals surface area (Å²) in [5.74, 6) is -1.52. The number of halogens is 3. The molecule has 0 saturated heterocycles. The maximum absolute atomic E-state index is 13.0. The third-order valence-electron chi connectivity index (χ3n) is 3.99. The van der Waals surface area contributed by atoms with Crippen LogP contribution < -0.4 is 10.9 Å². The van der Waals surface area contributed by atoms with Crippen LogP contribution in [-0.2, 0) is 0 Å². The van der Waals surface area contributed by atoms with Crippen LogP contribution >= 0.6 is 0 Å². The summed E-state index contributed by atoms with van der Waals surface area (Å²) in [6, 6.07) is 6.05. The third kappa shape index (κ3) is 3.37. The molecule has 1 aliphatic carbocycles. The van der Waals surface area contributed by atoms with Crippen molar-refractivity contribution in [3.05, 3.63) is 51.9 Å². The highest BCUT2D eigenvalue weighted by atomic mass is 19.4. The second-order valence-corrected chi connectivity index (χ2v) is 6.01. The largest absolute Gasteiger partial charge is 0.408 e. The lowest BCUT2D eigenvalue weighted by Gasteiger charge is -2.20. The minimum Gasteiger partial charge on any atom is -0.339 e. The Morgan fingerprint density at radius 1 is 1.29 bits per heavy atom. The highest BCUT2D eigenvalue weighted by Crippen LogP contribution is 2.40. The number of amides is 1. The van der Waals surface area contributed by atoms with Gasteiger partial charge < -0.3 is 5.32 Å².